The molecule has 0 aliphatic heterocycles. The molecule has 3 rings (SSSR count). The molecule has 119 valence electrons. The number of ether oxygens (including phenoxy) is 1. The van der Waals surface area contributed by atoms with Crippen LogP contribution < -0.4 is 10.1 Å². The molecule has 0 atom stereocenters. The summed E-state index contributed by atoms with van der Waals surface area (Å²) >= 11 is 5.86. The summed E-state index contributed by atoms with van der Waals surface area (Å²) in [6.07, 6.45) is 9.33. The maximum Gasteiger partial charge on any atom is 0.291 e. The number of benzene rings is 2. The molecule has 2 aromatic carbocycles. The Morgan fingerprint density at radius 2 is 1.62 bits per heavy atom. The standard InChI is InChI=1S/C20H15ClNO2/c21-16-10-12-17(13-11-16)22-20(23)19(14-15-6-4-5-7-15)24-18-8-2-1-3-9-18/h1-14H,(H,22,23)/b19-14-. The zero-order valence-corrected chi connectivity index (χ0v) is 13.5. The minimum absolute atomic E-state index is 0.211. The number of hydrogen-bond acceptors (Lipinski definition) is 2. The van der Waals surface area contributed by atoms with Crippen LogP contribution in [0.15, 0.2) is 66.4 Å². The van der Waals surface area contributed by atoms with Gasteiger partial charge in [0.1, 0.15) is 5.75 Å². The van der Waals surface area contributed by atoms with E-state index >= 15 is 0 Å². The molecule has 0 bridgehead atoms. The normalized spacial score (nSPS) is 15.3. The summed E-state index contributed by atoms with van der Waals surface area (Å²) in [7, 11) is 0. The Morgan fingerprint density at radius 3 is 2.29 bits per heavy atom. The molecule has 1 N–H and O–H groups in total. The quantitative estimate of drug-likeness (QED) is 0.637. The minimum Gasteiger partial charge on any atom is -0.452 e. The van der Waals surface area contributed by atoms with Crippen LogP contribution in [0.2, 0.25) is 5.02 Å². The van der Waals surface area contributed by atoms with E-state index < -0.39 is 0 Å². The molecule has 0 saturated heterocycles. The van der Waals surface area contributed by atoms with Crippen LogP contribution in [-0.2, 0) is 4.79 Å². The molecule has 1 fully saturated rings. The first-order valence-electron chi connectivity index (χ1n) is 7.44. The highest BCUT2D eigenvalue weighted by Gasteiger charge is 2.20. The number of hydrogen-bond donors (Lipinski definition) is 1. The second-order valence-electron chi connectivity index (χ2n) is 5.10. The number of anilines is 1. The van der Waals surface area contributed by atoms with E-state index in [2.05, 4.69) is 5.32 Å². The number of rotatable bonds is 5. The van der Waals surface area contributed by atoms with E-state index in [1.165, 1.54) is 0 Å². The molecule has 1 aliphatic rings. The number of allylic oxidation sites excluding steroid dienone is 1. The number of halogens is 1. The van der Waals surface area contributed by atoms with E-state index in [1.807, 2.05) is 43.9 Å². The van der Waals surface area contributed by atoms with Crippen LogP contribution in [0.1, 0.15) is 0 Å². The van der Waals surface area contributed by atoms with Crippen molar-refractivity contribution >= 4 is 23.2 Å². The predicted molar refractivity (Wildman–Crippen MR) is 95.7 cm³/mol. The molecule has 4 heteroatoms. The van der Waals surface area contributed by atoms with Crippen molar-refractivity contribution in [3.8, 4) is 5.75 Å². The molecule has 3 nitrogen and oxygen atoms in total. The van der Waals surface area contributed by atoms with Crippen LogP contribution in [0.25, 0.3) is 0 Å². The van der Waals surface area contributed by atoms with Crippen molar-refractivity contribution in [1.82, 2.24) is 0 Å². The Kier molecular flexibility index (Phi) is 5.55. The number of amides is 1. The zero-order valence-electron chi connectivity index (χ0n) is 12.8. The lowest BCUT2D eigenvalue weighted by molar-refractivity contribution is -0.114. The number of nitrogens with one attached hydrogen (secondary N) is 1. The third-order valence-corrected chi connectivity index (χ3v) is 3.54. The average Bonchev–Trinajstić information content (AvgIpc) is 3.10. The maximum atomic E-state index is 12.6. The SMILES string of the molecule is O=C(Nc1ccc(Cl)cc1)/C(=C/[C]1[CH][CH][CH][CH]1)Oc1ccccc1. The van der Waals surface area contributed by atoms with E-state index in [0.717, 1.165) is 5.92 Å². The van der Waals surface area contributed by atoms with Crippen molar-refractivity contribution in [2.75, 3.05) is 5.32 Å². The highest BCUT2D eigenvalue weighted by Crippen LogP contribution is 2.26. The molecule has 1 saturated carbocycles. The van der Waals surface area contributed by atoms with Gasteiger partial charge in [-0.05, 0) is 68.2 Å². The van der Waals surface area contributed by atoms with Gasteiger partial charge in [-0.15, -0.1) is 0 Å². The first kappa shape index (κ1) is 16.6. The van der Waals surface area contributed by atoms with Crippen molar-refractivity contribution in [3.05, 3.63) is 103 Å². The predicted octanol–water partition coefficient (Wildman–Crippen LogP) is 4.65. The van der Waals surface area contributed by atoms with Crippen LogP contribution in [0, 0.1) is 31.6 Å². The Morgan fingerprint density at radius 1 is 0.958 bits per heavy atom. The van der Waals surface area contributed by atoms with Gasteiger partial charge in [0, 0.05) is 16.6 Å². The monoisotopic (exact) mass is 336 g/mol. The zero-order chi connectivity index (χ0) is 16.8. The van der Waals surface area contributed by atoms with E-state index in [0.29, 0.717) is 16.5 Å². The third kappa shape index (κ3) is 4.62. The van der Waals surface area contributed by atoms with Crippen molar-refractivity contribution in [1.29, 1.82) is 0 Å². The van der Waals surface area contributed by atoms with E-state index in [1.54, 1.807) is 42.5 Å². The van der Waals surface area contributed by atoms with Gasteiger partial charge in [0.25, 0.3) is 5.91 Å². The van der Waals surface area contributed by atoms with Gasteiger partial charge in [0.2, 0.25) is 0 Å². The van der Waals surface area contributed by atoms with Crippen LogP contribution >= 0.6 is 11.6 Å². The summed E-state index contributed by atoms with van der Waals surface area (Å²) in [5.74, 6) is 1.37. The van der Waals surface area contributed by atoms with E-state index in [-0.39, 0.29) is 11.7 Å². The van der Waals surface area contributed by atoms with Gasteiger partial charge in [-0.2, -0.15) is 0 Å². The third-order valence-electron chi connectivity index (χ3n) is 3.28. The van der Waals surface area contributed by atoms with Gasteiger partial charge < -0.3 is 10.1 Å². The van der Waals surface area contributed by atoms with Crippen molar-refractivity contribution in [3.63, 3.8) is 0 Å². The molecule has 1 aliphatic carbocycles. The molecular weight excluding hydrogens is 322 g/mol. The highest BCUT2D eigenvalue weighted by atomic mass is 35.5. The molecule has 24 heavy (non-hydrogen) atoms. The number of para-hydroxylation sites is 1. The smallest absolute Gasteiger partial charge is 0.291 e. The van der Waals surface area contributed by atoms with Crippen molar-refractivity contribution in [2.45, 2.75) is 0 Å². The van der Waals surface area contributed by atoms with Crippen LogP contribution in [-0.4, -0.2) is 5.91 Å². The van der Waals surface area contributed by atoms with Crippen LogP contribution in [0.4, 0.5) is 5.69 Å². The molecule has 1 amide bonds. The largest absolute Gasteiger partial charge is 0.452 e. The summed E-state index contributed by atoms with van der Waals surface area (Å²) in [6, 6.07) is 16.1. The van der Waals surface area contributed by atoms with Crippen molar-refractivity contribution < 1.29 is 9.53 Å². The molecule has 5 radical (unpaired) electrons. The number of carbonyl (C=O) groups is 1. The summed E-state index contributed by atoms with van der Waals surface area (Å²) < 4.78 is 5.77. The molecule has 2 aromatic rings. The fraction of sp³-hybridized carbons (Fsp3) is 0. The Labute approximate surface area is 147 Å². The van der Waals surface area contributed by atoms with Gasteiger partial charge in [-0.25, -0.2) is 0 Å². The fourth-order valence-electron chi connectivity index (χ4n) is 2.12. The first-order valence-corrected chi connectivity index (χ1v) is 7.82. The van der Waals surface area contributed by atoms with E-state index in [4.69, 9.17) is 16.3 Å². The maximum absolute atomic E-state index is 12.6. The molecule has 0 aromatic heterocycles. The van der Waals surface area contributed by atoms with Gasteiger partial charge >= 0.3 is 0 Å². The summed E-state index contributed by atoms with van der Waals surface area (Å²) in [4.78, 5) is 12.6. The topological polar surface area (TPSA) is 38.3 Å². The van der Waals surface area contributed by atoms with Gasteiger partial charge in [-0.1, -0.05) is 29.8 Å². The molecule has 0 unspecified atom stereocenters. The van der Waals surface area contributed by atoms with Gasteiger partial charge in [-0.3, -0.25) is 4.79 Å². The molecule has 0 heterocycles. The lowest BCUT2D eigenvalue weighted by Crippen LogP contribution is -2.19. The second-order valence-corrected chi connectivity index (χ2v) is 5.54. The molecular formula is C20H15ClNO2. The lowest BCUT2D eigenvalue weighted by Gasteiger charge is -2.12. The van der Waals surface area contributed by atoms with Crippen molar-refractivity contribution in [2.24, 2.45) is 0 Å². The van der Waals surface area contributed by atoms with Gasteiger partial charge in [0.15, 0.2) is 5.76 Å². The average molecular weight is 337 g/mol. The van der Waals surface area contributed by atoms with Crippen LogP contribution in [0.5, 0.6) is 5.75 Å². The summed E-state index contributed by atoms with van der Waals surface area (Å²) in [6.45, 7) is 0. The Bertz CT molecular complexity index is 704. The van der Waals surface area contributed by atoms with Crippen LogP contribution in [0.3, 0.4) is 0 Å². The fourth-order valence-corrected chi connectivity index (χ4v) is 2.25. The Balaban J connectivity index is 1.77. The minimum atomic E-state index is -0.331. The lowest BCUT2D eigenvalue weighted by atomic mass is 10.1. The summed E-state index contributed by atoms with van der Waals surface area (Å²) in [5, 5.41) is 3.42. The highest BCUT2D eigenvalue weighted by molar-refractivity contribution is 6.30. The van der Waals surface area contributed by atoms with Gasteiger partial charge in [0.05, 0.1) is 0 Å². The Hall–Kier alpha value is -2.26. The summed E-state index contributed by atoms with van der Waals surface area (Å²) in [5.41, 5.74) is 0.648. The van der Waals surface area contributed by atoms with E-state index in [9.17, 15) is 4.79 Å². The molecule has 0 spiro atoms. The second kappa shape index (κ2) is 8.02. The number of carbonyl (C=O) groups excluding carboxylic acids is 1. The first-order chi connectivity index (χ1) is 11.7.